The van der Waals surface area contributed by atoms with Crippen LogP contribution in [0.2, 0.25) is 0 Å². The smallest absolute Gasteiger partial charge is 0.150 e. The van der Waals surface area contributed by atoms with Gasteiger partial charge < -0.3 is 15.5 Å². The average molecular weight is 305 g/mol. The molecular weight excluding hydrogens is 282 g/mol. The second-order valence-electron chi connectivity index (χ2n) is 5.51. The molecule has 3 rings (SSSR count). The molecular formula is C15H23N5S. The Balaban J connectivity index is 1.66. The maximum atomic E-state index is 5.58. The summed E-state index contributed by atoms with van der Waals surface area (Å²) in [5.41, 5.74) is 6.64. The van der Waals surface area contributed by atoms with Crippen LogP contribution >= 0.6 is 11.3 Å². The molecule has 2 aromatic rings. The van der Waals surface area contributed by atoms with Crippen molar-refractivity contribution in [1.82, 2.24) is 14.9 Å². The third-order valence-electron chi connectivity index (χ3n) is 4.04. The zero-order chi connectivity index (χ0) is 14.5. The van der Waals surface area contributed by atoms with Gasteiger partial charge in [-0.3, -0.25) is 0 Å². The molecule has 0 saturated carbocycles. The van der Waals surface area contributed by atoms with Crippen LogP contribution in [0.5, 0.6) is 0 Å². The molecule has 6 heteroatoms. The third-order valence-corrected chi connectivity index (χ3v) is 4.94. The summed E-state index contributed by atoms with van der Waals surface area (Å²) in [5.74, 6) is 1.11. The SMILES string of the molecule is NCCCCN1CCCN(c2ncnc3ccsc23)CC1. The zero-order valence-corrected chi connectivity index (χ0v) is 13.2. The van der Waals surface area contributed by atoms with Gasteiger partial charge in [0.05, 0.1) is 10.2 Å². The first-order chi connectivity index (χ1) is 10.4. The van der Waals surface area contributed by atoms with E-state index in [2.05, 4.69) is 31.2 Å². The first-order valence-electron chi connectivity index (χ1n) is 7.74. The number of rotatable bonds is 5. The summed E-state index contributed by atoms with van der Waals surface area (Å²) < 4.78 is 1.22. The van der Waals surface area contributed by atoms with E-state index >= 15 is 0 Å². The molecule has 1 fully saturated rings. The average Bonchev–Trinajstić information content (AvgIpc) is 2.87. The lowest BCUT2D eigenvalue weighted by Crippen LogP contribution is -2.32. The fourth-order valence-corrected chi connectivity index (χ4v) is 3.75. The van der Waals surface area contributed by atoms with Gasteiger partial charge in [0.15, 0.2) is 0 Å². The maximum absolute atomic E-state index is 5.58. The Kier molecular flexibility index (Phi) is 5.00. The quantitative estimate of drug-likeness (QED) is 0.856. The predicted molar refractivity (Wildman–Crippen MR) is 89.0 cm³/mol. The Morgan fingerprint density at radius 2 is 2.10 bits per heavy atom. The largest absolute Gasteiger partial charge is 0.354 e. The third kappa shape index (κ3) is 3.51. The minimum atomic E-state index is 0.803. The van der Waals surface area contributed by atoms with Gasteiger partial charge in [-0.15, -0.1) is 11.3 Å². The van der Waals surface area contributed by atoms with Crippen LogP contribution in [0.15, 0.2) is 17.8 Å². The van der Waals surface area contributed by atoms with Crippen molar-refractivity contribution >= 4 is 27.4 Å². The summed E-state index contributed by atoms with van der Waals surface area (Å²) in [4.78, 5) is 13.8. The number of nitrogens with two attached hydrogens (primary N) is 1. The highest BCUT2D eigenvalue weighted by Gasteiger charge is 2.18. The van der Waals surface area contributed by atoms with Crippen molar-refractivity contribution in [2.45, 2.75) is 19.3 Å². The van der Waals surface area contributed by atoms with Crippen LogP contribution in [0.4, 0.5) is 5.82 Å². The van der Waals surface area contributed by atoms with Crippen molar-refractivity contribution in [2.24, 2.45) is 5.73 Å². The lowest BCUT2D eigenvalue weighted by atomic mass is 10.3. The monoisotopic (exact) mass is 305 g/mol. The van der Waals surface area contributed by atoms with Gasteiger partial charge in [-0.1, -0.05) is 0 Å². The molecule has 0 aromatic carbocycles. The molecule has 21 heavy (non-hydrogen) atoms. The van der Waals surface area contributed by atoms with Crippen molar-refractivity contribution in [1.29, 1.82) is 0 Å². The second-order valence-corrected chi connectivity index (χ2v) is 6.43. The van der Waals surface area contributed by atoms with Crippen molar-refractivity contribution in [3.05, 3.63) is 17.8 Å². The molecule has 3 heterocycles. The van der Waals surface area contributed by atoms with Gasteiger partial charge in [-0.2, -0.15) is 0 Å². The normalized spacial score (nSPS) is 17.3. The summed E-state index contributed by atoms with van der Waals surface area (Å²) in [7, 11) is 0. The number of hydrogen-bond acceptors (Lipinski definition) is 6. The lowest BCUT2D eigenvalue weighted by Gasteiger charge is -2.23. The summed E-state index contributed by atoms with van der Waals surface area (Å²) in [6.45, 7) is 6.39. The number of thiophene rings is 1. The van der Waals surface area contributed by atoms with Crippen molar-refractivity contribution in [2.75, 3.05) is 44.2 Å². The molecule has 1 aliphatic heterocycles. The van der Waals surface area contributed by atoms with E-state index in [1.807, 2.05) is 0 Å². The standard InChI is InChI=1S/C15H23N5S/c16-5-1-2-6-19-7-3-8-20(10-9-19)15-14-13(4-11-21-14)17-12-18-15/h4,11-12H,1-3,5-10,16H2. The molecule has 2 aromatic heterocycles. The van der Waals surface area contributed by atoms with Crippen LogP contribution < -0.4 is 10.6 Å². The molecule has 0 atom stereocenters. The van der Waals surface area contributed by atoms with Gasteiger partial charge in [0.25, 0.3) is 0 Å². The Morgan fingerprint density at radius 1 is 1.14 bits per heavy atom. The van der Waals surface area contributed by atoms with Crippen LogP contribution in [0, 0.1) is 0 Å². The van der Waals surface area contributed by atoms with Gasteiger partial charge in [0.1, 0.15) is 12.1 Å². The van der Waals surface area contributed by atoms with Gasteiger partial charge in [0.2, 0.25) is 0 Å². The molecule has 114 valence electrons. The molecule has 0 aliphatic carbocycles. The summed E-state index contributed by atoms with van der Waals surface area (Å²) in [5, 5.41) is 2.10. The van der Waals surface area contributed by atoms with E-state index in [0.717, 1.165) is 43.9 Å². The van der Waals surface area contributed by atoms with Crippen LogP contribution in [0.1, 0.15) is 19.3 Å². The van der Waals surface area contributed by atoms with Crippen LogP contribution in [-0.2, 0) is 0 Å². The molecule has 5 nitrogen and oxygen atoms in total. The number of unbranched alkanes of at least 4 members (excludes halogenated alkanes) is 1. The molecule has 0 bridgehead atoms. The van der Waals surface area contributed by atoms with Gasteiger partial charge in [-0.05, 0) is 50.3 Å². The lowest BCUT2D eigenvalue weighted by molar-refractivity contribution is 0.288. The minimum absolute atomic E-state index is 0.803. The first kappa shape index (κ1) is 14.7. The Morgan fingerprint density at radius 3 is 3.00 bits per heavy atom. The van der Waals surface area contributed by atoms with Gasteiger partial charge in [0, 0.05) is 19.6 Å². The fraction of sp³-hybridized carbons (Fsp3) is 0.600. The van der Waals surface area contributed by atoms with E-state index in [0.29, 0.717) is 0 Å². The zero-order valence-electron chi connectivity index (χ0n) is 12.4. The highest BCUT2D eigenvalue weighted by molar-refractivity contribution is 7.17. The number of hydrogen-bond donors (Lipinski definition) is 1. The van der Waals surface area contributed by atoms with Gasteiger partial charge in [-0.25, -0.2) is 9.97 Å². The highest BCUT2D eigenvalue weighted by atomic mass is 32.1. The predicted octanol–water partition coefficient (Wildman–Crippen LogP) is 1.94. The molecule has 0 amide bonds. The summed E-state index contributed by atoms with van der Waals surface area (Å²) >= 11 is 1.74. The fourth-order valence-electron chi connectivity index (χ4n) is 2.89. The van der Waals surface area contributed by atoms with E-state index in [-0.39, 0.29) is 0 Å². The number of anilines is 1. The van der Waals surface area contributed by atoms with Crippen LogP contribution in [-0.4, -0.2) is 54.1 Å². The van der Waals surface area contributed by atoms with E-state index in [1.165, 1.54) is 30.6 Å². The maximum Gasteiger partial charge on any atom is 0.150 e. The van der Waals surface area contributed by atoms with E-state index < -0.39 is 0 Å². The van der Waals surface area contributed by atoms with Crippen molar-refractivity contribution in [3.8, 4) is 0 Å². The molecule has 0 unspecified atom stereocenters. The van der Waals surface area contributed by atoms with E-state index in [4.69, 9.17) is 5.73 Å². The molecule has 0 spiro atoms. The van der Waals surface area contributed by atoms with Crippen LogP contribution in [0.25, 0.3) is 10.2 Å². The second kappa shape index (κ2) is 7.15. The first-order valence-corrected chi connectivity index (χ1v) is 8.62. The van der Waals surface area contributed by atoms with Gasteiger partial charge >= 0.3 is 0 Å². The number of fused-ring (bicyclic) bond motifs is 1. The topological polar surface area (TPSA) is 58.3 Å². The highest BCUT2D eigenvalue weighted by Crippen LogP contribution is 2.28. The van der Waals surface area contributed by atoms with Crippen molar-refractivity contribution < 1.29 is 0 Å². The molecule has 1 aliphatic rings. The number of nitrogens with zero attached hydrogens (tertiary/aromatic N) is 4. The molecule has 1 saturated heterocycles. The number of aromatic nitrogens is 2. The van der Waals surface area contributed by atoms with E-state index in [9.17, 15) is 0 Å². The minimum Gasteiger partial charge on any atom is -0.354 e. The molecule has 0 radical (unpaired) electrons. The van der Waals surface area contributed by atoms with E-state index in [1.54, 1.807) is 17.7 Å². The van der Waals surface area contributed by atoms with Crippen molar-refractivity contribution in [3.63, 3.8) is 0 Å². The van der Waals surface area contributed by atoms with Crippen LogP contribution in [0.3, 0.4) is 0 Å². The Hall–Kier alpha value is -1.24. The molecule has 2 N–H and O–H groups in total. The summed E-state index contributed by atoms with van der Waals surface area (Å²) in [6, 6.07) is 2.07. The Labute approximate surface area is 129 Å². The Bertz CT molecular complexity index is 570. The summed E-state index contributed by atoms with van der Waals surface area (Å²) in [6.07, 6.45) is 5.22.